The summed E-state index contributed by atoms with van der Waals surface area (Å²) in [5.41, 5.74) is 1.62. The van der Waals surface area contributed by atoms with E-state index in [1.165, 1.54) is 0 Å². The molecule has 0 spiro atoms. The first kappa shape index (κ1) is 11.9. The van der Waals surface area contributed by atoms with Crippen molar-refractivity contribution in [3.05, 3.63) is 28.8 Å². The quantitative estimate of drug-likeness (QED) is 0.842. The van der Waals surface area contributed by atoms with Crippen LogP contribution in [0.2, 0.25) is 5.02 Å². The van der Waals surface area contributed by atoms with E-state index in [2.05, 4.69) is 10.6 Å². The Morgan fingerprint density at radius 3 is 2.88 bits per heavy atom. The molecule has 1 heterocycles. The molecule has 2 N–H and O–H groups in total. The van der Waals surface area contributed by atoms with E-state index in [9.17, 15) is 9.59 Å². The maximum absolute atomic E-state index is 11.8. The summed E-state index contributed by atoms with van der Waals surface area (Å²) in [4.78, 5) is 22.8. The Bertz CT molecular complexity index is 474. The summed E-state index contributed by atoms with van der Waals surface area (Å²) in [6.07, 6.45) is 0.245. The van der Waals surface area contributed by atoms with E-state index in [-0.39, 0.29) is 24.2 Å². The SMILES string of the molecule is Cc1ccc(NC(=O)C2CNC(=O)C2)c(Cl)c1. The first-order valence-electron chi connectivity index (χ1n) is 5.40. The maximum atomic E-state index is 11.8. The summed E-state index contributed by atoms with van der Waals surface area (Å²) < 4.78 is 0. The van der Waals surface area contributed by atoms with Crippen LogP contribution >= 0.6 is 11.6 Å². The Morgan fingerprint density at radius 1 is 1.53 bits per heavy atom. The summed E-state index contributed by atoms with van der Waals surface area (Å²) in [5, 5.41) is 5.87. The molecule has 2 rings (SSSR count). The van der Waals surface area contributed by atoms with E-state index in [4.69, 9.17) is 11.6 Å². The van der Waals surface area contributed by atoms with Crippen LogP contribution < -0.4 is 10.6 Å². The number of aryl methyl sites for hydroxylation is 1. The second kappa shape index (κ2) is 4.75. The van der Waals surface area contributed by atoms with Gasteiger partial charge in [0.05, 0.1) is 16.6 Å². The van der Waals surface area contributed by atoms with Gasteiger partial charge in [-0.25, -0.2) is 0 Å². The highest BCUT2D eigenvalue weighted by atomic mass is 35.5. The van der Waals surface area contributed by atoms with E-state index in [0.29, 0.717) is 17.3 Å². The van der Waals surface area contributed by atoms with Crippen molar-refractivity contribution in [1.82, 2.24) is 5.32 Å². The Balaban J connectivity index is 2.05. The number of carbonyl (C=O) groups is 2. The molecule has 2 amide bonds. The van der Waals surface area contributed by atoms with E-state index in [1.54, 1.807) is 12.1 Å². The van der Waals surface area contributed by atoms with Crippen LogP contribution in [0.5, 0.6) is 0 Å². The fourth-order valence-corrected chi connectivity index (χ4v) is 2.03. The van der Waals surface area contributed by atoms with Crippen molar-refractivity contribution in [3.8, 4) is 0 Å². The Hall–Kier alpha value is -1.55. The van der Waals surface area contributed by atoms with Crippen molar-refractivity contribution in [2.45, 2.75) is 13.3 Å². The molecule has 1 unspecified atom stereocenters. The van der Waals surface area contributed by atoms with Gasteiger partial charge in [0.2, 0.25) is 11.8 Å². The number of benzene rings is 1. The lowest BCUT2D eigenvalue weighted by Gasteiger charge is -2.10. The van der Waals surface area contributed by atoms with Crippen LogP contribution in [0.1, 0.15) is 12.0 Å². The molecule has 90 valence electrons. The zero-order valence-corrected chi connectivity index (χ0v) is 10.2. The molecular formula is C12H13ClN2O2. The average molecular weight is 253 g/mol. The third-order valence-corrected chi connectivity index (χ3v) is 3.04. The van der Waals surface area contributed by atoms with Gasteiger partial charge in [0.25, 0.3) is 0 Å². The molecular weight excluding hydrogens is 240 g/mol. The predicted molar refractivity (Wildman–Crippen MR) is 65.9 cm³/mol. The topological polar surface area (TPSA) is 58.2 Å². The summed E-state index contributed by atoms with van der Waals surface area (Å²) in [7, 11) is 0. The molecule has 1 aromatic rings. The van der Waals surface area contributed by atoms with Gasteiger partial charge in [0.1, 0.15) is 0 Å². The summed E-state index contributed by atoms with van der Waals surface area (Å²) in [5.74, 6) is -0.561. The van der Waals surface area contributed by atoms with Crippen molar-refractivity contribution in [2.75, 3.05) is 11.9 Å². The number of hydrogen-bond donors (Lipinski definition) is 2. The molecule has 1 atom stereocenters. The van der Waals surface area contributed by atoms with E-state index >= 15 is 0 Å². The number of halogens is 1. The van der Waals surface area contributed by atoms with Crippen molar-refractivity contribution >= 4 is 29.1 Å². The van der Waals surface area contributed by atoms with Crippen LogP contribution in [0, 0.1) is 12.8 Å². The van der Waals surface area contributed by atoms with E-state index in [0.717, 1.165) is 5.56 Å². The van der Waals surface area contributed by atoms with Crippen molar-refractivity contribution in [1.29, 1.82) is 0 Å². The molecule has 1 saturated heterocycles. The monoisotopic (exact) mass is 252 g/mol. The molecule has 1 aliphatic rings. The van der Waals surface area contributed by atoms with Gasteiger partial charge in [-0.3, -0.25) is 9.59 Å². The molecule has 17 heavy (non-hydrogen) atoms. The minimum Gasteiger partial charge on any atom is -0.355 e. The highest BCUT2D eigenvalue weighted by Gasteiger charge is 2.28. The summed E-state index contributed by atoms with van der Waals surface area (Å²) in [6, 6.07) is 5.43. The molecule has 1 aliphatic heterocycles. The standard InChI is InChI=1S/C12H13ClN2O2/c1-7-2-3-10(9(13)4-7)15-12(17)8-5-11(16)14-6-8/h2-4,8H,5-6H2,1H3,(H,14,16)(H,15,17). The molecule has 0 bridgehead atoms. The molecule has 0 aromatic heterocycles. The van der Waals surface area contributed by atoms with Gasteiger partial charge >= 0.3 is 0 Å². The largest absolute Gasteiger partial charge is 0.355 e. The van der Waals surface area contributed by atoms with Gasteiger partial charge in [-0.2, -0.15) is 0 Å². The van der Waals surface area contributed by atoms with Crippen molar-refractivity contribution in [3.63, 3.8) is 0 Å². The number of hydrogen-bond acceptors (Lipinski definition) is 2. The fourth-order valence-electron chi connectivity index (χ4n) is 1.75. The molecule has 0 radical (unpaired) electrons. The lowest BCUT2D eigenvalue weighted by molar-refractivity contribution is -0.123. The smallest absolute Gasteiger partial charge is 0.229 e. The van der Waals surface area contributed by atoms with Crippen molar-refractivity contribution in [2.24, 2.45) is 5.92 Å². The minimum atomic E-state index is -0.306. The molecule has 0 saturated carbocycles. The third-order valence-electron chi connectivity index (χ3n) is 2.73. The van der Waals surface area contributed by atoms with Gasteiger partial charge < -0.3 is 10.6 Å². The molecule has 5 heteroatoms. The lowest BCUT2D eigenvalue weighted by Crippen LogP contribution is -2.24. The molecule has 0 aliphatic carbocycles. The number of nitrogens with one attached hydrogen (secondary N) is 2. The fraction of sp³-hybridized carbons (Fsp3) is 0.333. The lowest BCUT2D eigenvalue weighted by atomic mass is 10.1. The van der Waals surface area contributed by atoms with Crippen LogP contribution in [-0.2, 0) is 9.59 Å². The van der Waals surface area contributed by atoms with Crippen LogP contribution in [0.25, 0.3) is 0 Å². The maximum Gasteiger partial charge on any atom is 0.229 e. The highest BCUT2D eigenvalue weighted by molar-refractivity contribution is 6.33. The number of carbonyl (C=O) groups excluding carboxylic acids is 2. The summed E-state index contributed by atoms with van der Waals surface area (Å²) >= 11 is 6.01. The number of anilines is 1. The summed E-state index contributed by atoms with van der Waals surface area (Å²) in [6.45, 7) is 2.32. The van der Waals surface area contributed by atoms with Gasteiger partial charge in [-0.15, -0.1) is 0 Å². The second-order valence-electron chi connectivity index (χ2n) is 4.18. The predicted octanol–water partition coefficient (Wildman–Crippen LogP) is 1.72. The van der Waals surface area contributed by atoms with Crippen LogP contribution in [0.15, 0.2) is 18.2 Å². The normalized spacial score (nSPS) is 18.9. The zero-order valence-electron chi connectivity index (χ0n) is 9.42. The van der Waals surface area contributed by atoms with Gasteiger partial charge in [-0.05, 0) is 24.6 Å². The highest BCUT2D eigenvalue weighted by Crippen LogP contribution is 2.23. The second-order valence-corrected chi connectivity index (χ2v) is 4.58. The van der Waals surface area contributed by atoms with Gasteiger partial charge in [-0.1, -0.05) is 17.7 Å². The van der Waals surface area contributed by atoms with E-state index < -0.39 is 0 Å². The van der Waals surface area contributed by atoms with Gasteiger partial charge in [0.15, 0.2) is 0 Å². The number of rotatable bonds is 2. The van der Waals surface area contributed by atoms with Gasteiger partial charge in [0, 0.05) is 13.0 Å². The first-order valence-corrected chi connectivity index (χ1v) is 5.78. The minimum absolute atomic E-state index is 0.0832. The number of amides is 2. The Kier molecular flexibility index (Phi) is 3.33. The Labute approximate surface area is 104 Å². The zero-order chi connectivity index (χ0) is 12.4. The Morgan fingerprint density at radius 2 is 2.29 bits per heavy atom. The average Bonchev–Trinajstić information content (AvgIpc) is 2.69. The van der Waals surface area contributed by atoms with E-state index in [1.807, 2.05) is 13.0 Å². The van der Waals surface area contributed by atoms with Crippen LogP contribution in [-0.4, -0.2) is 18.4 Å². The third kappa shape index (κ3) is 2.77. The molecule has 1 aromatic carbocycles. The molecule has 1 fully saturated rings. The van der Waals surface area contributed by atoms with Crippen molar-refractivity contribution < 1.29 is 9.59 Å². The van der Waals surface area contributed by atoms with Crippen LogP contribution in [0.3, 0.4) is 0 Å². The molecule has 4 nitrogen and oxygen atoms in total. The first-order chi connectivity index (χ1) is 8.06. The van der Waals surface area contributed by atoms with Crippen LogP contribution in [0.4, 0.5) is 5.69 Å².